The molecule has 0 aliphatic carbocycles. The Morgan fingerprint density at radius 2 is 2.57 bits per heavy atom. The minimum absolute atomic E-state index is 0.131. The van der Waals surface area contributed by atoms with E-state index >= 15 is 0 Å². The normalized spacial score (nSPS) is 24.9. The smallest absolute Gasteiger partial charge is 0.123 e. The van der Waals surface area contributed by atoms with Crippen LogP contribution in [0.4, 0.5) is 0 Å². The van der Waals surface area contributed by atoms with E-state index in [0.717, 1.165) is 28.0 Å². The van der Waals surface area contributed by atoms with Crippen molar-refractivity contribution in [2.24, 2.45) is 0 Å². The molecule has 2 atom stereocenters. The van der Waals surface area contributed by atoms with Crippen LogP contribution in [-0.4, -0.2) is 28.2 Å². The van der Waals surface area contributed by atoms with Gasteiger partial charge in [0, 0.05) is 17.7 Å². The molecule has 1 aromatic rings. The van der Waals surface area contributed by atoms with Crippen LogP contribution in [0.3, 0.4) is 0 Å². The van der Waals surface area contributed by atoms with E-state index in [2.05, 4.69) is 4.98 Å². The number of nitrogens with zero attached hydrogens (tertiary/aromatic N) is 1. The second-order valence-electron chi connectivity index (χ2n) is 3.21. The molecule has 2 rings (SSSR count). The van der Waals surface area contributed by atoms with Crippen molar-refractivity contribution >= 4 is 23.1 Å². The molecule has 1 fully saturated rings. The summed E-state index contributed by atoms with van der Waals surface area (Å²) in [5.74, 6) is 2.05. The van der Waals surface area contributed by atoms with Gasteiger partial charge in [0.25, 0.3) is 0 Å². The van der Waals surface area contributed by atoms with E-state index in [4.69, 9.17) is 4.74 Å². The molecule has 0 bridgehead atoms. The van der Waals surface area contributed by atoms with Gasteiger partial charge in [0.15, 0.2) is 0 Å². The molecule has 2 heterocycles. The Balaban J connectivity index is 2.07. The Bertz CT molecular complexity index is 295. The second-order valence-corrected chi connectivity index (χ2v) is 5.45. The van der Waals surface area contributed by atoms with Crippen LogP contribution in [0, 0.1) is 0 Å². The fraction of sp³-hybridized carbons (Fsp3) is 0.667. The molecule has 1 aromatic heterocycles. The lowest BCUT2D eigenvalue weighted by Gasteiger charge is -2.19. The number of aromatic nitrogens is 1. The van der Waals surface area contributed by atoms with Crippen LogP contribution >= 0.6 is 23.1 Å². The number of hydrogen-bond donors (Lipinski definition) is 1. The van der Waals surface area contributed by atoms with Gasteiger partial charge in [-0.05, 0) is 6.92 Å². The van der Waals surface area contributed by atoms with E-state index in [1.165, 1.54) is 0 Å². The molecule has 14 heavy (non-hydrogen) atoms. The molecule has 0 saturated carbocycles. The molecular weight excluding hydrogens is 218 g/mol. The largest absolute Gasteiger partial charge is 0.388 e. The lowest BCUT2D eigenvalue weighted by atomic mass is 10.4. The molecule has 0 aromatic carbocycles. The van der Waals surface area contributed by atoms with E-state index in [-0.39, 0.29) is 6.10 Å². The Morgan fingerprint density at radius 1 is 1.71 bits per heavy atom. The van der Waals surface area contributed by atoms with Gasteiger partial charge in [-0.15, -0.1) is 11.3 Å². The molecule has 78 valence electrons. The van der Waals surface area contributed by atoms with Crippen LogP contribution in [0.25, 0.3) is 0 Å². The minimum atomic E-state index is -0.419. The van der Waals surface area contributed by atoms with Crippen molar-refractivity contribution in [3.63, 3.8) is 0 Å². The molecule has 0 amide bonds. The lowest BCUT2D eigenvalue weighted by molar-refractivity contribution is 0.0755. The highest BCUT2D eigenvalue weighted by Gasteiger charge is 2.20. The van der Waals surface area contributed by atoms with Gasteiger partial charge >= 0.3 is 0 Å². The monoisotopic (exact) mass is 231 g/mol. The molecule has 1 N–H and O–H groups in total. The van der Waals surface area contributed by atoms with Gasteiger partial charge in [-0.1, -0.05) is 0 Å². The van der Waals surface area contributed by atoms with Crippen LogP contribution in [0.5, 0.6) is 0 Å². The van der Waals surface area contributed by atoms with Crippen molar-refractivity contribution in [2.75, 3.05) is 18.1 Å². The third-order valence-electron chi connectivity index (χ3n) is 2.04. The highest BCUT2D eigenvalue weighted by Crippen LogP contribution is 2.31. The predicted octanol–water partition coefficient (Wildman–Crippen LogP) is 2.00. The van der Waals surface area contributed by atoms with Crippen molar-refractivity contribution in [2.45, 2.75) is 19.1 Å². The van der Waals surface area contributed by atoms with E-state index in [9.17, 15) is 5.11 Å². The topological polar surface area (TPSA) is 42.4 Å². The van der Waals surface area contributed by atoms with Crippen LogP contribution in [-0.2, 0) is 4.74 Å². The van der Waals surface area contributed by atoms with Crippen LogP contribution in [0.15, 0.2) is 6.20 Å². The summed E-state index contributed by atoms with van der Waals surface area (Å²) in [6, 6.07) is 0. The van der Waals surface area contributed by atoms with Gasteiger partial charge in [0.2, 0.25) is 0 Å². The lowest BCUT2D eigenvalue weighted by Crippen LogP contribution is -2.15. The molecule has 0 spiro atoms. The number of ether oxygens (including phenoxy) is 1. The first-order valence-corrected chi connectivity index (χ1v) is 6.57. The molecule has 0 radical (unpaired) electrons. The van der Waals surface area contributed by atoms with Gasteiger partial charge < -0.3 is 9.84 Å². The first-order chi connectivity index (χ1) is 6.77. The Hall–Kier alpha value is -0.100. The SMILES string of the molecule is CC(O)c1cnc(C2CSCCO2)s1. The van der Waals surface area contributed by atoms with E-state index < -0.39 is 6.10 Å². The Kier molecular flexibility index (Phi) is 3.43. The molecule has 1 saturated heterocycles. The van der Waals surface area contributed by atoms with Gasteiger partial charge in [-0.3, -0.25) is 0 Å². The zero-order valence-corrected chi connectivity index (χ0v) is 9.61. The highest BCUT2D eigenvalue weighted by molar-refractivity contribution is 7.99. The van der Waals surface area contributed by atoms with Crippen molar-refractivity contribution in [1.82, 2.24) is 4.98 Å². The number of thioether (sulfide) groups is 1. The van der Waals surface area contributed by atoms with Crippen molar-refractivity contribution < 1.29 is 9.84 Å². The van der Waals surface area contributed by atoms with Crippen molar-refractivity contribution in [3.8, 4) is 0 Å². The predicted molar refractivity (Wildman–Crippen MR) is 58.8 cm³/mol. The molecule has 5 heteroatoms. The number of rotatable bonds is 2. The molecule has 1 aliphatic rings. The molecule has 3 nitrogen and oxygen atoms in total. The summed E-state index contributed by atoms with van der Waals surface area (Å²) in [6.07, 6.45) is 1.46. The molecule has 2 unspecified atom stereocenters. The number of thiazole rings is 1. The van der Waals surface area contributed by atoms with Crippen LogP contribution < -0.4 is 0 Å². The number of hydrogen-bond acceptors (Lipinski definition) is 5. The van der Waals surface area contributed by atoms with Gasteiger partial charge in [0.05, 0.1) is 17.6 Å². The highest BCUT2D eigenvalue weighted by atomic mass is 32.2. The van der Waals surface area contributed by atoms with E-state index in [1.807, 2.05) is 11.8 Å². The zero-order valence-electron chi connectivity index (χ0n) is 7.97. The Labute approximate surface area is 91.5 Å². The number of aliphatic hydroxyl groups excluding tert-OH is 1. The summed E-state index contributed by atoms with van der Waals surface area (Å²) < 4.78 is 5.60. The maximum Gasteiger partial charge on any atom is 0.123 e. The standard InChI is InChI=1S/C9H13NO2S2/c1-6(11)8-4-10-9(14-8)7-5-13-3-2-12-7/h4,6-7,11H,2-3,5H2,1H3. The summed E-state index contributed by atoms with van der Waals surface area (Å²) in [7, 11) is 0. The minimum Gasteiger partial charge on any atom is -0.388 e. The quantitative estimate of drug-likeness (QED) is 0.845. The number of aliphatic hydroxyl groups is 1. The van der Waals surface area contributed by atoms with E-state index in [1.54, 1.807) is 24.5 Å². The second kappa shape index (κ2) is 4.61. The summed E-state index contributed by atoms with van der Waals surface area (Å²) in [4.78, 5) is 5.20. The average Bonchev–Trinajstić information content (AvgIpc) is 2.68. The van der Waals surface area contributed by atoms with Crippen molar-refractivity contribution in [3.05, 3.63) is 16.1 Å². The summed E-state index contributed by atoms with van der Waals surface area (Å²) in [6.45, 7) is 2.56. The average molecular weight is 231 g/mol. The fourth-order valence-electron chi connectivity index (χ4n) is 1.27. The fourth-order valence-corrected chi connectivity index (χ4v) is 3.13. The maximum atomic E-state index is 9.36. The third kappa shape index (κ3) is 2.28. The summed E-state index contributed by atoms with van der Waals surface area (Å²) in [5.41, 5.74) is 0. The summed E-state index contributed by atoms with van der Waals surface area (Å²) >= 11 is 3.44. The Morgan fingerprint density at radius 3 is 3.14 bits per heavy atom. The first-order valence-electron chi connectivity index (χ1n) is 4.60. The van der Waals surface area contributed by atoms with Gasteiger partial charge in [-0.2, -0.15) is 11.8 Å². The van der Waals surface area contributed by atoms with Gasteiger partial charge in [0.1, 0.15) is 11.1 Å². The van der Waals surface area contributed by atoms with Gasteiger partial charge in [-0.25, -0.2) is 4.98 Å². The van der Waals surface area contributed by atoms with Crippen LogP contribution in [0.1, 0.15) is 29.0 Å². The molecule has 1 aliphatic heterocycles. The zero-order chi connectivity index (χ0) is 9.97. The summed E-state index contributed by atoms with van der Waals surface area (Å²) in [5, 5.41) is 10.4. The van der Waals surface area contributed by atoms with E-state index in [0.29, 0.717) is 0 Å². The third-order valence-corrected chi connectivity index (χ3v) is 4.30. The van der Waals surface area contributed by atoms with Crippen LogP contribution in [0.2, 0.25) is 0 Å². The first kappa shape index (κ1) is 10.4. The van der Waals surface area contributed by atoms with Crippen molar-refractivity contribution in [1.29, 1.82) is 0 Å². The molecular formula is C9H13NO2S2. The maximum absolute atomic E-state index is 9.36.